The zero-order valence-electron chi connectivity index (χ0n) is 15.4. The first-order valence-electron chi connectivity index (χ1n) is 8.73. The van der Waals surface area contributed by atoms with E-state index in [-0.39, 0.29) is 5.91 Å². The first kappa shape index (κ1) is 20.8. The molecule has 1 aromatic carbocycles. The van der Waals surface area contributed by atoms with Crippen LogP contribution >= 0.6 is 0 Å². The monoisotopic (exact) mass is 350 g/mol. The molecule has 3 N–H and O–H groups in total. The summed E-state index contributed by atoms with van der Waals surface area (Å²) in [6.45, 7) is 8.02. The van der Waals surface area contributed by atoms with Crippen LogP contribution < -0.4 is 20.7 Å². The van der Waals surface area contributed by atoms with E-state index in [1.165, 1.54) is 0 Å². The van der Waals surface area contributed by atoms with E-state index >= 15 is 0 Å². The second kappa shape index (κ2) is 13.1. The average Bonchev–Trinajstić information content (AvgIpc) is 2.64. The van der Waals surface area contributed by atoms with Crippen molar-refractivity contribution in [2.24, 2.45) is 4.99 Å². The number of aliphatic imine (C=N–C) groups is 1. The number of methoxy groups -OCH3 is 1. The highest BCUT2D eigenvalue weighted by atomic mass is 16.5. The molecule has 0 unspecified atom stereocenters. The molecule has 0 fully saturated rings. The van der Waals surface area contributed by atoms with E-state index in [0.29, 0.717) is 30.9 Å². The number of hydrogen-bond donors (Lipinski definition) is 3. The number of guanidine groups is 1. The fraction of sp³-hybridized carbons (Fsp3) is 0.556. The van der Waals surface area contributed by atoms with Gasteiger partial charge in [0.1, 0.15) is 5.75 Å². The Labute approximate surface area is 150 Å². The van der Waals surface area contributed by atoms with E-state index in [1.807, 2.05) is 19.9 Å². The van der Waals surface area contributed by atoms with Gasteiger partial charge in [0, 0.05) is 45.0 Å². The van der Waals surface area contributed by atoms with Gasteiger partial charge < -0.3 is 25.4 Å². The molecule has 0 aliphatic heterocycles. The zero-order valence-corrected chi connectivity index (χ0v) is 15.4. The van der Waals surface area contributed by atoms with E-state index < -0.39 is 0 Å². The summed E-state index contributed by atoms with van der Waals surface area (Å²) in [6.07, 6.45) is 0.886. The molecule has 140 valence electrons. The van der Waals surface area contributed by atoms with Crippen molar-refractivity contribution in [3.63, 3.8) is 0 Å². The van der Waals surface area contributed by atoms with Gasteiger partial charge in [-0.2, -0.15) is 0 Å². The number of hydrogen-bond acceptors (Lipinski definition) is 4. The van der Waals surface area contributed by atoms with Crippen LogP contribution in [-0.4, -0.2) is 58.4 Å². The second-order valence-corrected chi connectivity index (χ2v) is 5.23. The lowest BCUT2D eigenvalue weighted by Gasteiger charge is -2.12. The number of nitrogens with zero attached hydrogens (tertiary/aromatic N) is 1. The smallest absolute Gasteiger partial charge is 0.251 e. The van der Waals surface area contributed by atoms with Gasteiger partial charge in [0.25, 0.3) is 5.91 Å². The summed E-state index contributed by atoms with van der Waals surface area (Å²) in [4.78, 5) is 16.6. The summed E-state index contributed by atoms with van der Waals surface area (Å²) in [7, 11) is 1.58. The maximum absolute atomic E-state index is 12.1. The van der Waals surface area contributed by atoms with Gasteiger partial charge in [0.2, 0.25) is 0 Å². The predicted octanol–water partition coefficient (Wildman–Crippen LogP) is 1.41. The van der Waals surface area contributed by atoms with Crippen molar-refractivity contribution in [3.8, 4) is 5.75 Å². The van der Waals surface area contributed by atoms with E-state index in [1.54, 1.807) is 25.3 Å². The molecule has 0 spiro atoms. The second-order valence-electron chi connectivity index (χ2n) is 5.23. The van der Waals surface area contributed by atoms with Gasteiger partial charge in [-0.25, -0.2) is 0 Å². The standard InChI is InChI=1S/C18H30N4O3/c1-4-19-18(21-10-7-13-25-5-2)22-12-11-20-17(23)15-8-6-9-16(14-15)24-3/h6,8-9,14H,4-5,7,10-13H2,1-3H3,(H,20,23)(H2,19,21,22). The molecule has 1 aromatic rings. The number of carbonyl (C=O) groups excluding carboxylic acids is 1. The van der Waals surface area contributed by atoms with Crippen molar-refractivity contribution in [2.45, 2.75) is 20.3 Å². The third kappa shape index (κ3) is 8.95. The predicted molar refractivity (Wildman–Crippen MR) is 100 cm³/mol. The Kier molecular flexibility index (Phi) is 10.8. The minimum absolute atomic E-state index is 0.126. The summed E-state index contributed by atoms with van der Waals surface area (Å²) in [5.41, 5.74) is 0.579. The van der Waals surface area contributed by atoms with Crippen LogP contribution in [0.2, 0.25) is 0 Å². The van der Waals surface area contributed by atoms with Gasteiger partial charge in [0.05, 0.1) is 7.11 Å². The van der Waals surface area contributed by atoms with Crippen molar-refractivity contribution in [3.05, 3.63) is 29.8 Å². The molecular weight excluding hydrogens is 320 g/mol. The average molecular weight is 350 g/mol. The van der Waals surface area contributed by atoms with E-state index in [9.17, 15) is 4.79 Å². The summed E-state index contributed by atoms with van der Waals surface area (Å²) in [5, 5.41) is 9.25. The van der Waals surface area contributed by atoms with Crippen LogP contribution in [0.4, 0.5) is 0 Å². The highest BCUT2D eigenvalue weighted by Crippen LogP contribution is 2.12. The van der Waals surface area contributed by atoms with Crippen LogP contribution in [0.15, 0.2) is 29.3 Å². The molecule has 0 saturated carbocycles. The quantitative estimate of drug-likeness (QED) is 0.319. The summed E-state index contributed by atoms with van der Waals surface area (Å²) < 4.78 is 10.4. The van der Waals surface area contributed by atoms with Crippen molar-refractivity contribution in [1.29, 1.82) is 0 Å². The van der Waals surface area contributed by atoms with Gasteiger partial charge in [0.15, 0.2) is 5.96 Å². The molecule has 0 aliphatic rings. The molecule has 1 rings (SSSR count). The highest BCUT2D eigenvalue weighted by Gasteiger charge is 2.05. The molecule has 7 nitrogen and oxygen atoms in total. The van der Waals surface area contributed by atoms with Gasteiger partial charge >= 0.3 is 0 Å². The number of amides is 1. The Morgan fingerprint density at radius 1 is 1.16 bits per heavy atom. The highest BCUT2D eigenvalue weighted by molar-refractivity contribution is 5.94. The third-order valence-corrected chi connectivity index (χ3v) is 3.30. The molecule has 0 atom stereocenters. The SMILES string of the molecule is CCNC(=NCCCOCC)NCCNC(=O)c1cccc(OC)c1. The molecule has 1 amide bonds. The van der Waals surface area contributed by atoms with Gasteiger partial charge in [-0.3, -0.25) is 9.79 Å². The Balaban J connectivity index is 2.32. The number of nitrogens with one attached hydrogen (secondary N) is 3. The lowest BCUT2D eigenvalue weighted by molar-refractivity contribution is 0.0954. The summed E-state index contributed by atoms with van der Waals surface area (Å²) in [6, 6.07) is 7.08. The zero-order chi connectivity index (χ0) is 18.3. The van der Waals surface area contributed by atoms with E-state index in [2.05, 4.69) is 20.9 Å². The van der Waals surface area contributed by atoms with Crippen LogP contribution in [0, 0.1) is 0 Å². The molecule has 0 heterocycles. The Morgan fingerprint density at radius 3 is 2.68 bits per heavy atom. The van der Waals surface area contributed by atoms with Crippen molar-refractivity contribution in [1.82, 2.24) is 16.0 Å². The lowest BCUT2D eigenvalue weighted by Crippen LogP contribution is -2.41. The Hall–Kier alpha value is -2.28. The molecule has 0 bridgehead atoms. The van der Waals surface area contributed by atoms with E-state index in [0.717, 1.165) is 32.1 Å². The number of benzene rings is 1. The third-order valence-electron chi connectivity index (χ3n) is 3.30. The Morgan fingerprint density at radius 2 is 1.96 bits per heavy atom. The van der Waals surface area contributed by atoms with Crippen molar-refractivity contribution >= 4 is 11.9 Å². The molecular formula is C18H30N4O3. The van der Waals surface area contributed by atoms with Gasteiger partial charge in [-0.05, 0) is 38.5 Å². The maximum atomic E-state index is 12.1. The molecule has 0 aliphatic carbocycles. The fourth-order valence-electron chi connectivity index (χ4n) is 2.07. The van der Waals surface area contributed by atoms with E-state index in [4.69, 9.17) is 9.47 Å². The molecule has 0 saturated heterocycles. The Bertz CT molecular complexity index is 535. The first-order valence-corrected chi connectivity index (χ1v) is 8.73. The largest absolute Gasteiger partial charge is 0.497 e. The summed E-state index contributed by atoms with van der Waals surface area (Å²) in [5.74, 6) is 1.29. The minimum Gasteiger partial charge on any atom is -0.497 e. The van der Waals surface area contributed by atoms with Crippen LogP contribution in [-0.2, 0) is 4.74 Å². The molecule has 25 heavy (non-hydrogen) atoms. The number of carbonyl (C=O) groups is 1. The fourth-order valence-corrected chi connectivity index (χ4v) is 2.07. The lowest BCUT2D eigenvalue weighted by atomic mass is 10.2. The summed E-state index contributed by atoms with van der Waals surface area (Å²) >= 11 is 0. The maximum Gasteiger partial charge on any atom is 0.251 e. The van der Waals surface area contributed by atoms with Gasteiger partial charge in [-0.1, -0.05) is 6.07 Å². The molecule has 0 radical (unpaired) electrons. The van der Waals surface area contributed by atoms with Gasteiger partial charge in [-0.15, -0.1) is 0 Å². The van der Waals surface area contributed by atoms with Crippen LogP contribution in [0.3, 0.4) is 0 Å². The van der Waals surface area contributed by atoms with Crippen LogP contribution in [0.1, 0.15) is 30.6 Å². The van der Waals surface area contributed by atoms with Crippen molar-refractivity contribution < 1.29 is 14.3 Å². The first-order chi connectivity index (χ1) is 12.2. The topological polar surface area (TPSA) is 84.0 Å². The van der Waals surface area contributed by atoms with Crippen LogP contribution in [0.25, 0.3) is 0 Å². The van der Waals surface area contributed by atoms with Crippen LogP contribution in [0.5, 0.6) is 5.75 Å². The number of ether oxygens (including phenoxy) is 2. The van der Waals surface area contributed by atoms with Crippen molar-refractivity contribution in [2.75, 3.05) is 46.5 Å². The number of rotatable bonds is 11. The molecule has 0 aromatic heterocycles. The normalized spacial score (nSPS) is 11.1. The molecule has 7 heteroatoms. The minimum atomic E-state index is -0.126.